The quantitative estimate of drug-likeness (QED) is 0.806. The maximum absolute atomic E-state index is 12.9. The SMILES string of the molecule is CC(C)(Oc1ccc(F)cc1)C(=O)Nc1ccc(OCC(N)=O)cc1. The second kappa shape index (κ2) is 7.65. The van der Waals surface area contributed by atoms with Gasteiger partial charge in [0.05, 0.1) is 0 Å². The predicted octanol–water partition coefficient (Wildman–Crippen LogP) is 2.49. The number of anilines is 1. The van der Waals surface area contributed by atoms with Crippen LogP contribution in [-0.2, 0) is 9.59 Å². The first-order valence-electron chi connectivity index (χ1n) is 7.53. The molecule has 0 unspecified atom stereocenters. The number of ether oxygens (including phenoxy) is 2. The molecule has 132 valence electrons. The fourth-order valence-electron chi connectivity index (χ4n) is 1.91. The molecule has 2 amide bonds. The number of benzene rings is 2. The second-order valence-corrected chi connectivity index (χ2v) is 5.80. The number of hydrogen-bond donors (Lipinski definition) is 2. The van der Waals surface area contributed by atoms with Crippen LogP contribution in [0.4, 0.5) is 10.1 Å². The minimum Gasteiger partial charge on any atom is -0.484 e. The van der Waals surface area contributed by atoms with Crippen LogP contribution in [0.2, 0.25) is 0 Å². The van der Waals surface area contributed by atoms with Gasteiger partial charge in [0.15, 0.2) is 12.2 Å². The Morgan fingerprint density at radius 3 is 2.16 bits per heavy atom. The van der Waals surface area contributed by atoms with Gasteiger partial charge in [0, 0.05) is 5.69 Å². The van der Waals surface area contributed by atoms with Crippen LogP contribution in [-0.4, -0.2) is 24.0 Å². The highest BCUT2D eigenvalue weighted by Crippen LogP contribution is 2.21. The minimum absolute atomic E-state index is 0.218. The van der Waals surface area contributed by atoms with Crippen molar-refractivity contribution < 1.29 is 23.5 Å². The molecule has 0 spiro atoms. The zero-order chi connectivity index (χ0) is 18.4. The molecule has 0 aliphatic heterocycles. The Morgan fingerprint density at radius 2 is 1.60 bits per heavy atom. The number of primary amides is 1. The summed E-state index contributed by atoms with van der Waals surface area (Å²) in [7, 11) is 0. The van der Waals surface area contributed by atoms with Crippen LogP contribution in [0, 0.1) is 5.82 Å². The van der Waals surface area contributed by atoms with Crippen molar-refractivity contribution in [3.05, 3.63) is 54.3 Å². The predicted molar refractivity (Wildman–Crippen MR) is 90.9 cm³/mol. The summed E-state index contributed by atoms with van der Waals surface area (Å²) in [6.45, 7) is 3.00. The van der Waals surface area contributed by atoms with Crippen LogP contribution >= 0.6 is 0 Å². The van der Waals surface area contributed by atoms with Crippen molar-refractivity contribution in [1.82, 2.24) is 0 Å². The molecule has 2 aromatic rings. The highest BCUT2D eigenvalue weighted by atomic mass is 19.1. The van der Waals surface area contributed by atoms with E-state index in [1.54, 1.807) is 38.1 Å². The number of carbonyl (C=O) groups excluding carboxylic acids is 2. The van der Waals surface area contributed by atoms with E-state index in [0.717, 1.165) is 0 Å². The summed E-state index contributed by atoms with van der Waals surface area (Å²) in [5, 5.41) is 2.72. The van der Waals surface area contributed by atoms with E-state index in [0.29, 0.717) is 17.2 Å². The Balaban J connectivity index is 1.97. The molecule has 0 saturated carbocycles. The Morgan fingerprint density at radius 1 is 1.04 bits per heavy atom. The molecule has 2 rings (SSSR count). The lowest BCUT2D eigenvalue weighted by Gasteiger charge is -2.25. The summed E-state index contributed by atoms with van der Waals surface area (Å²) < 4.78 is 23.7. The molecule has 0 aliphatic rings. The van der Waals surface area contributed by atoms with Gasteiger partial charge in [0.2, 0.25) is 0 Å². The van der Waals surface area contributed by atoms with Gasteiger partial charge in [-0.05, 0) is 62.4 Å². The van der Waals surface area contributed by atoms with Crippen molar-refractivity contribution in [3.8, 4) is 11.5 Å². The zero-order valence-corrected chi connectivity index (χ0v) is 13.9. The average Bonchev–Trinajstić information content (AvgIpc) is 2.56. The summed E-state index contributed by atoms with van der Waals surface area (Å²) in [5.74, 6) is -0.483. The summed E-state index contributed by atoms with van der Waals surface area (Å²) in [6.07, 6.45) is 0. The monoisotopic (exact) mass is 346 g/mol. The number of carbonyl (C=O) groups is 2. The summed E-state index contributed by atoms with van der Waals surface area (Å²) in [5.41, 5.74) is 4.37. The van der Waals surface area contributed by atoms with Crippen LogP contribution in [0.5, 0.6) is 11.5 Å². The minimum atomic E-state index is -1.17. The summed E-state index contributed by atoms with van der Waals surface area (Å²) in [4.78, 5) is 23.1. The molecule has 0 radical (unpaired) electrons. The molecule has 2 aromatic carbocycles. The van der Waals surface area contributed by atoms with Crippen molar-refractivity contribution in [2.45, 2.75) is 19.4 Å². The first-order valence-corrected chi connectivity index (χ1v) is 7.53. The van der Waals surface area contributed by atoms with E-state index in [1.165, 1.54) is 24.3 Å². The highest BCUT2D eigenvalue weighted by molar-refractivity contribution is 5.97. The van der Waals surface area contributed by atoms with Gasteiger partial charge in [-0.1, -0.05) is 0 Å². The van der Waals surface area contributed by atoms with E-state index in [2.05, 4.69) is 5.32 Å². The largest absolute Gasteiger partial charge is 0.484 e. The lowest BCUT2D eigenvalue weighted by Crippen LogP contribution is -2.42. The topological polar surface area (TPSA) is 90.7 Å². The van der Waals surface area contributed by atoms with E-state index in [9.17, 15) is 14.0 Å². The Labute approximate surface area is 144 Å². The lowest BCUT2D eigenvalue weighted by atomic mass is 10.1. The first-order chi connectivity index (χ1) is 11.8. The third kappa shape index (κ3) is 5.49. The smallest absolute Gasteiger partial charge is 0.267 e. The molecular weight excluding hydrogens is 327 g/mol. The van der Waals surface area contributed by atoms with Crippen molar-refractivity contribution >= 4 is 17.5 Å². The number of rotatable bonds is 7. The van der Waals surface area contributed by atoms with Crippen molar-refractivity contribution in [1.29, 1.82) is 0 Å². The van der Waals surface area contributed by atoms with Gasteiger partial charge in [-0.25, -0.2) is 4.39 Å². The molecule has 0 atom stereocenters. The van der Waals surface area contributed by atoms with Gasteiger partial charge in [-0.3, -0.25) is 9.59 Å². The number of halogens is 1. The van der Waals surface area contributed by atoms with Crippen molar-refractivity contribution in [2.75, 3.05) is 11.9 Å². The second-order valence-electron chi connectivity index (χ2n) is 5.80. The Kier molecular flexibility index (Phi) is 5.59. The van der Waals surface area contributed by atoms with Crippen LogP contribution < -0.4 is 20.5 Å². The fourth-order valence-corrected chi connectivity index (χ4v) is 1.91. The maximum atomic E-state index is 12.9. The van der Waals surface area contributed by atoms with Gasteiger partial charge in [0.1, 0.15) is 17.3 Å². The molecule has 0 aromatic heterocycles. The van der Waals surface area contributed by atoms with Gasteiger partial charge in [0.25, 0.3) is 11.8 Å². The molecule has 0 aliphatic carbocycles. The van der Waals surface area contributed by atoms with Gasteiger partial charge in [-0.2, -0.15) is 0 Å². The molecule has 0 saturated heterocycles. The van der Waals surface area contributed by atoms with Crippen LogP contribution in [0.1, 0.15) is 13.8 Å². The van der Waals surface area contributed by atoms with Crippen LogP contribution in [0.25, 0.3) is 0 Å². The van der Waals surface area contributed by atoms with E-state index < -0.39 is 11.5 Å². The summed E-state index contributed by atoms with van der Waals surface area (Å²) >= 11 is 0. The molecular formula is C18H19FN2O4. The Bertz CT molecular complexity index is 743. The normalized spacial score (nSPS) is 10.8. The van der Waals surface area contributed by atoms with Crippen molar-refractivity contribution in [3.63, 3.8) is 0 Å². The number of nitrogens with one attached hydrogen (secondary N) is 1. The van der Waals surface area contributed by atoms with Gasteiger partial charge < -0.3 is 20.5 Å². The van der Waals surface area contributed by atoms with Gasteiger partial charge in [-0.15, -0.1) is 0 Å². The lowest BCUT2D eigenvalue weighted by molar-refractivity contribution is -0.128. The molecule has 25 heavy (non-hydrogen) atoms. The van der Waals surface area contributed by atoms with Crippen molar-refractivity contribution in [2.24, 2.45) is 5.73 Å². The first kappa shape index (κ1) is 18.3. The zero-order valence-electron chi connectivity index (χ0n) is 13.9. The van der Waals surface area contributed by atoms with Crippen LogP contribution in [0.15, 0.2) is 48.5 Å². The highest BCUT2D eigenvalue weighted by Gasteiger charge is 2.30. The molecule has 3 N–H and O–H groups in total. The molecule has 0 bridgehead atoms. The maximum Gasteiger partial charge on any atom is 0.267 e. The fraction of sp³-hybridized carbons (Fsp3) is 0.222. The molecule has 6 nitrogen and oxygen atoms in total. The van der Waals surface area contributed by atoms with Gasteiger partial charge >= 0.3 is 0 Å². The molecule has 7 heteroatoms. The summed E-state index contributed by atoms with van der Waals surface area (Å²) in [6, 6.07) is 11.9. The average molecular weight is 346 g/mol. The molecule has 0 fully saturated rings. The van der Waals surface area contributed by atoms with E-state index in [4.69, 9.17) is 15.2 Å². The standard InChI is InChI=1S/C18H19FN2O4/c1-18(2,25-15-7-3-12(19)4-8-15)17(23)21-13-5-9-14(10-6-13)24-11-16(20)22/h3-10H,11H2,1-2H3,(H2,20,22)(H,21,23). The number of nitrogens with two attached hydrogens (primary N) is 1. The molecule has 0 heterocycles. The van der Waals surface area contributed by atoms with Crippen LogP contribution in [0.3, 0.4) is 0 Å². The number of amides is 2. The third-order valence-corrected chi connectivity index (χ3v) is 3.23. The van der Waals surface area contributed by atoms with E-state index in [-0.39, 0.29) is 18.3 Å². The number of hydrogen-bond acceptors (Lipinski definition) is 4. The third-order valence-electron chi connectivity index (χ3n) is 3.23. The van der Waals surface area contributed by atoms with E-state index in [1.807, 2.05) is 0 Å². The Hall–Kier alpha value is -3.09. The van der Waals surface area contributed by atoms with E-state index >= 15 is 0 Å².